The van der Waals surface area contributed by atoms with Crippen molar-refractivity contribution < 1.29 is 12.6 Å². The standard InChI is InChI=1S/C12H19NO3S/c1-10(2)13-9-12(16-17(3,14)15)11-7-5-4-6-8-11/h4-8,10,12-13H,9H2,1-3H3. The lowest BCUT2D eigenvalue weighted by Gasteiger charge is -2.18. The van der Waals surface area contributed by atoms with Crippen molar-refractivity contribution in [3.63, 3.8) is 0 Å². The van der Waals surface area contributed by atoms with Crippen LogP contribution in [0.2, 0.25) is 0 Å². The van der Waals surface area contributed by atoms with E-state index >= 15 is 0 Å². The molecular weight excluding hydrogens is 238 g/mol. The molecular formula is C12H19NO3S. The van der Waals surface area contributed by atoms with Crippen LogP contribution in [-0.2, 0) is 14.3 Å². The van der Waals surface area contributed by atoms with Crippen molar-refractivity contribution in [2.45, 2.75) is 26.0 Å². The van der Waals surface area contributed by atoms with E-state index in [-0.39, 0.29) is 6.04 Å². The molecule has 1 atom stereocenters. The topological polar surface area (TPSA) is 55.4 Å². The average Bonchev–Trinajstić information content (AvgIpc) is 2.24. The highest BCUT2D eigenvalue weighted by molar-refractivity contribution is 7.86. The second-order valence-electron chi connectivity index (χ2n) is 4.26. The SMILES string of the molecule is CC(C)NCC(OS(C)(=O)=O)c1ccccc1. The van der Waals surface area contributed by atoms with Crippen molar-refractivity contribution in [2.75, 3.05) is 12.8 Å². The van der Waals surface area contributed by atoms with Crippen LogP contribution in [0.4, 0.5) is 0 Å². The summed E-state index contributed by atoms with van der Waals surface area (Å²) in [5, 5.41) is 3.18. The zero-order valence-corrected chi connectivity index (χ0v) is 11.2. The summed E-state index contributed by atoms with van der Waals surface area (Å²) in [6.45, 7) is 4.47. The van der Waals surface area contributed by atoms with Crippen molar-refractivity contribution in [3.8, 4) is 0 Å². The summed E-state index contributed by atoms with van der Waals surface area (Å²) in [5.41, 5.74) is 0.853. The minimum Gasteiger partial charge on any atom is -0.312 e. The van der Waals surface area contributed by atoms with Gasteiger partial charge in [-0.1, -0.05) is 44.2 Å². The number of hydrogen-bond acceptors (Lipinski definition) is 4. The third kappa shape index (κ3) is 5.81. The van der Waals surface area contributed by atoms with Crippen LogP contribution >= 0.6 is 0 Å². The first-order chi connectivity index (χ1) is 7.88. The maximum atomic E-state index is 11.2. The Kier molecular flexibility index (Phi) is 5.11. The number of rotatable bonds is 6. The van der Waals surface area contributed by atoms with Gasteiger partial charge in [-0.25, -0.2) is 0 Å². The van der Waals surface area contributed by atoms with E-state index in [0.717, 1.165) is 11.8 Å². The summed E-state index contributed by atoms with van der Waals surface area (Å²) in [6, 6.07) is 9.61. The van der Waals surface area contributed by atoms with E-state index in [1.54, 1.807) is 0 Å². The van der Waals surface area contributed by atoms with Crippen LogP contribution in [0.1, 0.15) is 25.5 Å². The fraction of sp³-hybridized carbons (Fsp3) is 0.500. The Morgan fingerprint density at radius 2 is 1.82 bits per heavy atom. The molecule has 0 aliphatic rings. The van der Waals surface area contributed by atoms with Crippen LogP contribution in [0.5, 0.6) is 0 Å². The van der Waals surface area contributed by atoms with Crippen LogP contribution in [0.15, 0.2) is 30.3 Å². The molecule has 0 amide bonds. The quantitative estimate of drug-likeness (QED) is 0.788. The molecule has 5 heteroatoms. The Morgan fingerprint density at radius 1 is 1.24 bits per heavy atom. The minimum absolute atomic E-state index is 0.282. The van der Waals surface area contributed by atoms with Gasteiger partial charge in [-0.2, -0.15) is 8.42 Å². The van der Waals surface area contributed by atoms with Gasteiger partial charge in [0, 0.05) is 12.6 Å². The number of nitrogens with one attached hydrogen (secondary N) is 1. The molecule has 96 valence electrons. The predicted octanol–water partition coefficient (Wildman–Crippen LogP) is 1.70. The molecule has 0 saturated heterocycles. The Bertz CT molecular complexity index is 428. The van der Waals surface area contributed by atoms with E-state index in [4.69, 9.17) is 4.18 Å². The van der Waals surface area contributed by atoms with Gasteiger partial charge in [-0.05, 0) is 5.56 Å². The molecule has 1 rings (SSSR count). The highest BCUT2D eigenvalue weighted by Gasteiger charge is 2.17. The Morgan fingerprint density at radius 3 is 2.29 bits per heavy atom. The molecule has 0 aliphatic carbocycles. The molecule has 4 nitrogen and oxygen atoms in total. The van der Waals surface area contributed by atoms with E-state index in [1.807, 2.05) is 44.2 Å². The van der Waals surface area contributed by atoms with Crippen LogP contribution < -0.4 is 5.32 Å². The first-order valence-corrected chi connectivity index (χ1v) is 7.36. The molecule has 0 heterocycles. The molecule has 0 aromatic heterocycles. The molecule has 1 aromatic carbocycles. The van der Waals surface area contributed by atoms with E-state index in [9.17, 15) is 8.42 Å². The Balaban J connectivity index is 2.79. The molecule has 0 bridgehead atoms. The first-order valence-electron chi connectivity index (χ1n) is 5.55. The van der Waals surface area contributed by atoms with E-state index in [1.165, 1.54) is 0 Å². The highest BCUT2D eigenvalue weighted by Crippen LogP contribution is 2.18. The van der Waals surface area contributed by atoms with Gasteiger partial charge in [0.05, 0.1) is 6.26 Å². The first kappa shape index (κ1) is 14.2. The lowest BCUT2D eigenvalue weighted by molar-refractivity contribution is 0.207. The molecule has 1 unspecified atom stereocenters. The van der Waals surface area contributed by atoms with E-state index in [2.05, 4.69) is 5.32 Å². The summed E-state index contributed by atoms with van der Waals surface area (Å²) in [4.78, 5) is 0. The van der Waals surface area contributed by atoms with Crippen LogP contribution in [0.25, 0.3) is 0 Å². The molecule has 0 aliphatic heterocycles. The minimum atomic E-state index is -3.46. The molecule has 0 radical (unpaired) electrons. The second kappa shape index (κ2) is 6.14. The van der Waals surface area contributed by atoms with Crippen molar-refractivity contribution in [3.05, 3.63) is 35.9 Å². The van der Waals surface area contributed by atoms with Gasteiger partial charge >= 0.3 is 0 Å². The van der Waals surface area contributed by atoms with Gasteiger partial charge in [-0.3, -0.25) is 4.18 Å². The van der Waals surface area contributed by atoms with E-state index in [0.29, 0.717) is 6.54 Å². The lowest BCUT2D eigenvalue weighted by Crippen LogP contribution is -2.30. The zero-order valence-electron chi connectivity index (χ0n) is 10.4. The van der Waals surface area contributed by atoms with Gasteiger partial charge in [0.2, 0.25) is 0 Å². The maximum Gasteiger partial charge on any atom is 0.265 e. The summed E-state index contributed by atoms with van der Waals surface area (Å²) in [5.74, 6) is 0. The molecule has 17 heavy (non-hydrogen) atoms. The zero-order chi connectivity index (χ0) is 12.9. The third-order valence-electron chi connectivity index (χ3n) is 2.17. The van der Waals surface area contributed by atoms with Gasteiger partial charge in [0.1, 0.15) is 6.10 Å². The molecule has 0 fully saturated rings. The van der Waals surface area contributed by atoms with Crippen LogP contribution in [-0.4, -0.2) is 27.3 Å². The van der Waals surface area contributed by atoms with Crippen LogP contribution in [0, 0.1) is 0 Å². The molecule has 1 aromatic rings. The number of hydrogen-bond donors (Lipinski definition) is 1. The highest BCUT2D eigenvalue weighted by atomic mass is 32.2. The van der Waals surface area contributed by atoms with Gasteiger partial charge in [0.15, 0.2) is 0 Å². The Labute approximate surface area is 103 Å². The average molecular weight is 257 g/mol. The van der Waals surface area contributed by atoms with Gasteiger partial charge < -0.3 is 5.32 Å². The summed E-state index contributed by atoms with van der Waals surface area (Å²) < 4.78 is 27.5. The maximum absolute atomic E-state index is 11.2. The smallest absolute Gasteiger partial charge is 0.265 e. The van der Waals surface area contributed by atoms with Gasteiger partial charge in [-0.15, -0.1) is 0 Å². The van der Waals surface area contributed by atoms with Crippen molar-refractivity contribution in [1.29, 1.82) is 0 Å². The van der Waals surface area contributed by atoms with Crippen molar-refractivity contribution in [2.24, 2.45) is 0 Å². The number of benzene rings is 1. The second-order valence-corrected chi connectivity index (χ2v) is 5.86. The monoisotopic (exact) mass is 257 g/mol. The molecule has 1 N–H and O–H groups in total. The fourth-order valence-corrected chi connectivity index (χ4v) is 2.03. The van der Waals surface area contributed by atoms with Crippen LogP contribution in [0.3, 0.4) is 0 Å². The van der Waals surface area contributed by atoms with Crippen molar-refractivity contribution >= 4 is 10.1 Å². The fourth-order valence-electron chi connectivity index (χ4n) is 1.43. The largest absolute Gasteiger partial charge is 0.312 e. The Hall–Kier alpha value is -0.910. The van der Waals surface area contributed by atoms with Gasteiger partial charge in [0.25, 0.3) is 10.1 Å². The third-order valence-corrected chi connectivity index (χ3v) is 2.76. The predicted molar refractivity (Wildman–Crippen MR) is 68.3 cm³/mol. The summed E-state index contributed by atoms with van der Waals surface area (Å²) in [7, 11) is -3.46. The molecule has 0 spiro atoms. The summed E-state index contributed by atoms with van der Waals surface area (Å²) in [6.07, 6.45) is 0.590. The van der Waals surface area contributed by atoms with Crippen molar-refractivity contribution in [1.82, 2.24) is 5.32 Å². The normalized spacial score (nSPS) is 13.9. The summed E-state index contributed by atoms with van der Waals surface area (Å²) >= 11 is 0. The van der Waals surface area contributed by atoms with E-state index < -0.39 is 16.2 Å². The lowest BCUT2D eigenvalue weighted by atomic mass is 10.1. The molecule has 0 saturated carbocycles.